The molecule has 0 bridgehead atoms. The summed E-state index contributed by atoms with van der Waals surface area (Å²) in [5.74, 6) is -0.248. The largest absolute Gasteiger partial charge is 0.330 e. The highest BCUT2D eigenvalue weighted by Crippen LogP contribution is 2.34. The van der Waals surface area contributed by atoms with E-state index in [-0.39, 0.29) is 5.82 Å². The monoisotopic (exact) mass is 283 g/mol. The molecule has 0 radical (unpaired) electrons. The second-order valence-electron chi connectivity index (χ2n) is 3.95. The quantitative estimate of drug-likeness (QED) is 0.893. The molecule has 0 spiro atoms. The van der Waals surface area contributed by atoms with Crippen molar-refractivity contribution in [2.45, 2.75) is 6.42 Å². The Morgan fingerprint density at radius 2 is 1.89 bits per heavy atom. The van der Waals surface area contributed by atoms with E-state index in [4.69, 9.17) is 28.9 Å². The van der Waals surface area contributed by atoms with Crippen molar-refractivity contribution in [3.8, 4) is 11.1 Å². The van der Waals surface area contributed by atoms with E-state index in [9.17, 15) is 4.39 Å². The van der Waals surface area contributed by atoms with Crippen LogP contribution in [0.25, 0.3) is 11.1 Å². The van der Waals surface area contributed by atoms with Crippen LogP contribution in [0, 0.1) is 5.82 Å². The highest BCUT2D eigenvalue weighted by molar-refractivity contribution is 6.43. The maximum absolute atomic E-state index is 13.5. The van der Waals surface area contributed by atoms with Gasteiger partial charge >= 0.3 is 0 Å². The molecule has 1 nitrogen and oxygen atoms in total. The molecule has 4 heteroatoms. The van der Waals surface area contributed by atoms with Gasteiger partial charge in [-0.3, -0.25) is 0 Å². The summed E-state index contributed by atoms with van der Waals surface area (Å²) in [5.41, 5.74) is 7.68. The van der Waals surface area contributed by atoms with Crippen molar-refractivity contribution in [1.29, 1.82) is 0 Å². The number of nitrogens with two attached hydrogens (primary N) is 1. The number of rotatable bonds is 3. The van der Waals surface area contributed by atoms with Crippen LogP contribution in [0.4, 0.5) is 4.39 Å². The van der Waals surface area contributed by atoms with Crippen LogP contribution < -0.4 is 5.73 Å². The predicted octanol–water partition coefficient (Wildman–Crippen LogP) is 4.30. The third-order valence-corrected chi connectivity index (χ3v) is 3.54. The average molecular weight is 284 g/mol. The number of hydrogen-bond donors (Lipinski definition) is 1. The fraction of sp³-hybridized carbons (Fsp3) is 0.143. The van der Waals surface area contributed by atoms with E-state index < -0.39 is 0 Å². The Labute approximate surface area is 115 Å². The summed E-state index contributed by atoms with van der Waals surface area (Å²) in [6.07, 6.45) is 0.498. The van der Waals surface area contributed by atoms with Gasteiger partial charge in [0.25, 0.3) is 0 Å². The second-order valence-corrected chi connectivity index (χ2v) is 4.73. The van der Waals surface area contributed by atoms with Crippen molar-refractivity contribution < 1.29 is 4.39 Å². The van der Waals surface area contributed by atoms with E-state index in [0.717, 1.165) is 11.1 Å². The summed E-state index contributed by atoms with van der Waals surface area (Å²) in [5, 5.41) is 0.961. The minimum Gasteiger partial charge on any atom is -0.330 e. The van der Waals surface area contributed by atoms with Crippen molar-refractivity contribution in [2.75, 3.05) is 6.54 Å². The lowest BCUT2D eigenvalue weighted by atomic mass is 10.0. The molecule has 0 fully saturated rings. The van der Waals surface area contributed by atoms with Crippen LogP contribution >= 0.6 is 23.2 Å². The van der Waals surface area contributed by atoms with Gasteiger partial charge in [0.05, 0.1) is 10.0 Å². The molecule has 0 aromatic heterocycles. The highest BCUT2D eigenvalue weighted by Gasteiger charge is 2.09. The topological polar surface area (TPSA) is 26.0 Å². The summed E-state index contributed by atoms with van der Waals surface area (Å²) < 4.78 is 13.5. The molecule has 0 atom stereocenters. The molecule has 0 unspecified atom stereocenters. The number of hydrogen-bond acceptors (Lipinski definition) is 1. The summed E-state index contributed by atoms with van der Waals surface area (Å²) in [7, 11) is 0. The van der Waals surface area contributed by atoms with Gasteiger partial charge in [0.2, 0.25) is 0 Å². The van der Waals surface area contributed by atoms with Crippen molar-refractivity contribution >= 4 is 23.2 Å². The van der Waals surface area contributed by atoms with Crippen molar-refractivity contribution in [1.82, 2.24) is 0 Å². The number of benzene rings is 2. The smallest absolute Gasteiger partial charge is 0.126 e. The van der Waals surface area contributed by atoms with Crippen molar-refractivity contribution in [3.05, 3.63) is 57.8 Å². The first kappa shape index (κ1) is 13.3. The second kappa shape index (κ2) is 5.70. The molecule has 0 amide bonds. The van der Waals surface area contributed by atoms with Gasteiger partial charge in [0, 0.05) is 5.56 Å². The summed E-state index contributed by atoms with van der Waals surface area (Å²) in [4.78, 5) is 0. The molecule has 0 heterocycles. The van der Waals surface area contributed by atoms with Crippen LogP contribution in [0.2, 0.25) is 10.0 Å². The molecule has 0 aliphatic carbocycles. The lowest BCUT2D eigenvalue weighted by molar-refractivity contribution is 0.610. The minimum atomic E-state index is -0.248. The Bertz CT molecular complexity index is 570. The molecule has 0 aliphatic heterocycles. The zero-order valence-electron chi connectivity index (χ0n) is 9.59. The van der Waals surface area contributed by atoms with E-state index in [2.05, 4.69) is 0 Å². The fourth-order valence-electron chi connectivity index (χ4n) is 1.82. The summed E-state index contributed by atoms with van der Waals surface area (Å²) in [6.45, 7) is 0.406. The van der Waals surface area contributed by atoms with Crippen molar-refractivity contribution in [3.63, 3.8) is 0 Å². The first-order valence-corrected chi connectivity index (χ1v) is 6.32. The van der Waals surface area contributed by atoms with Crippen LogP contribution in [0.1, 0.15) is 5.56 Å². The highest BCUT2D eigenvalue weighted by atomic mass is 35.5. The number of halogens is 3. The van der Waals surface area contributed by atoms with Crippen LogP contribution in [-0.4, -0.2) is 6.54 Å². The van der Waals surface area contributed by atoms with Gasteiger partial charge in [-0.15, -0.1) is 0 Å². The normalized spacial score (nSPS) is 10.7. The molecule has 2 aromatic rings. The molecule has 2 aromatic carbocycles. The summed E-state index contributed by atoms with van der Waals surface area (Å²) >= 11 is 12.1. The van der Waals surface area contributed by atoms with Gasteiger partial charge in [-0.05, 0) is 42.3 Å². The Morgan fingerprint density at radius 1 is 1.11 bits per heavy atom. The fourth-order valence-corrected chi connectivity index (χ4v) is 2.23. The first-order valence-electron chi connectivity index (χ1n) is 5.56. The molecule has 18 heavy (non-hydrogen) atoms. The minimum absolute atomic E-state index is 0.248. The van der Waals surface area contributed by atoms with Crippen LogP contribution in [0.3, 0.4) is 0 Å². The van der Waals surface area contributed by atoms with Crippen molar-refractivity contribution in [2.24, 2.45) is 5.73 Å². The summed E-state index contributed by atoms with van der Waals surface area (Å²) in [6, 6.07) is 10.3. The van der Waals surface area contributed by atoms with Gasteiger partial charge < -0.3 is 5.73 Å². The standard InChI is InChI=1S/C14H12Cl2FN/c15-12-3-1-2-11(14(12)16)9-4-5-13(17)10(8-9)6-7-18/h1-5,8H,6-7,18H2. The van der Waals surface area contributed by atoms with Crippen LogP contribution in [0.15, 0.2) is 36.4 Å². The SMILES string of the molecule is NCCc1cc(-c2cccc(Cl)c2Cl)ccc1F. The zero-order valence-corrected chi connectivity index (χ0v) is 11.1. The van der Waals surface area contributed by atoms with E-state index in [1.807, 2.05) is 12.1 Å². The first-order chi connectivity index (χ1) is 8.63. The van der Waals surface area contributed by atoms with E-state index in [1.54, 1.807) is 18.2 Å². The molecule has 2 N–H and O–H groups in total. The Kier molecular flexibility index (Phi) is 4.23. The lowest BCUT2D eigenvalue weighted by Gasteiger charge is -2.09. The van der Waals surface area contributed by atoms with Gasteiger partial charge in [0.15, 0.2) is 0 Å². The predicted molar refractivity (Wildman–Crippen MR) is 74.6 cm³/mol. The molecule has 0 aliphatic rings. The Hall–Kier alpha value is -1.09. The lowest BCUT2D eigenvalue weighted by Crippen LogP contribution is -2.04. The van der Waals surface area contributed by atoms with Crippen LogP contribution in [0.5, 0.6) is 0 Å². The average Bonchev–Trinajstić information content (AvgIpc) is 2.36. The maximum Gasteiger partial charge on any atom is 0.126 e. The zero-order chi connectivity index (χ0) is 13.1. The maximum atomic E-state index is 13.5. The molecule has 94 valence electrons. The van der Waals surface area contributed by atoms with E-state index in [1.165, 1.54) is 6.07 Å². The van der Waals surface area contributed by atoms with Gasteiger partial charge in [-0.2, -0.15) is 0 Å². The van der Waals surface area contributed by atoms with E-state index >= 15 is 0 Å². The Morgan fingerprint density at radius 3 is 2.61 bits per heavy atom. The molecule has 2 rings (SSSR count). The third-order valence-electron chi connectivity index (χ3n) is 2.72. The van der Waals surface area contributed by atoms with Crippen LogP contribution in [-0.2, 0) is 6.42 Å². The third kappa shape index (κ3) is 2.66. The molecular weight excluding hydrogens is 272 g/mol. The Balaban J connectivity index is 2.51. The van der Waals surface area contributed by atoms with Gasteiger partial charge in [-0.1, -0.05) is 41.4 Å². The molecule has 0 saturated heterocycles. The van der Waals surface area contributed by atoms with Gasteiger partial charge in [0.1, 0.15) is 5.82 Å². The van der Waals surface area contributed by atoms with E-state index in [0.29, 0.717) is 28.6 Å². The molecular formula is C14H12Cl2FN. The molecule has 0 saturated carbocycles. The van der Waals surface area contributed by atoms with Gasteiger partial charge in [-0.25, -0.2) is 4.39 Å².